The highest BCUT2D eigenvalue weighted by Gasteiger charge is 2.07. The average Bonchev–Trinajstić information content (AvgIpc) is 2.48. The molecule has 0 aliphatic carbocycles. The minimum atomic E-state index is -0.958. The van der Waals surface area contributed by atoms with Crippen molar-refractivity contribution in [2.75, 3.05) is 5.32 Å². The summed E-state index contributed by atoms with van der Waals surface area (Å²) in [6.07, 6.45) is 0. The van der Waals surface area contributed by atoms with Gasteiger partial charge in [0, 0.05) is 5.69 Å². The van der Waals surface area contributed by atoms with Crippen LogP contribution in [-0.4, -0.2) is 21.0 Å². The molecule has 0 atom stereocenters. The number of fused-ring (bicyclic) bond motifs is 1. The molecular formula is C16H13N3O2. The van der Waals surface area contributed by atoms with E-state index in [-0.39, 0.29) is 5.56 Å². The predicted molar refractivity (Wildman–Crippen MR) is 81.0 cm³/mol. The van der Waals surface area contributed by atoms with E-state index in [4.69, 9.17) is 5.11 Å². The van der Waals surface area contributed by atoms with Crippen LogP contribution < -0.4 is 5.32 Å². The summed E-state index contributed by atoms with van der Waals surface area (Å²) < 4.78 is 0. The molecule has 0 saturated heterocycles. The third kappa shape index (κ3) is 2.67. The molecule has 5 heteroatoms. The topological polar surface area (TPSA) is 75.1 Å². The predicted octanol–water partition coefficient (Wildman–Crippen LogP) is 3.38. The first-order valence-corrected chi connectivity index (χ1v) is 6.47. The quantitative estimate of drug-likeness (QED) is 0.768. The lowest BCUT2D eigenvalue weighted by atomic mass is 10.2. The van der Waals surface area contributed by atoms with Crippen molar-refractivity contribution in [3.8, 4) is 0 Å². The zero-order chi connectivity index (χ0) is 14.8. The minimum absolute atomic E-state index is 0.228. The SMILES string of the molecule is Cc1nc2ccccc2nc1Nc1cccc(C(=O)O)c1. The number of aryl methyl sites for hydroxylation is 1. The molecule has 0 radical (unpaired) electrons. The number of para-hydroxylation sites is 2. The molecule has 5 nitrogen and oxygen atoms in total. The Bertz CT molecular complexity index is 831. The molecule has 0 aliphatic heterocycles. The zero-order valence-corrected chi connectivity index (χ0v) is 11.4. The summed E-state index contributed by atoms with van der Waals surface area (Å²) in [7, 11) is 0. The second-order valence-electron chi connectivity index (χ2n) is 4.66. The summed E-state index contributed by atoms with van der Waals surface area (Å²) in [6.45, 7) is 1.86. The number of nitrogens with one attached hydrogen (secondary N) is 1. The summed E-state index contributed by atoms with van der Waals surface area (Å²) in [5.74, 6) is -0.337. The van der Waals surface area contributed by atoms with Crippen LogP contribution in [0.25, 0.3) is 11.0 Å². The molecule has 3 aromatic rings. The molecular weight excluding hydrogens is 266 g/mol. The largest absolute Gasteiger partial charge is 0.478 e. The number of carbonyl (C=O) groups is 1. The first kappa shape index (κ1) is 13.1. The molecule has 0 aliphatic rings. The first-order valence-electron chi connectivity index (χ1n) is 6.47. The fraction of sp³-hybridized carbons (Fsp3) is 0.0625. The van der Waals surface area contributed by atoms with Gasteiger partial charge < -0.3 is 10.4 Å². The van der Waals surface area contributed by atoms with Gasteiger partial charge in [-0.3, -0.25) is 0 Å². The summed E-state index contributed by atoms with van der Waals surface area (Å²) in [6, 6.07) is 14.2. The molecule has 21 heavy (non-hydrogen) atoms. The molecule has 0 unspecified atom stereocenters. The Balaban J connectivity index is 1.99. The van der Waals surface area contributed by atoms with Gasteiger partial charge in [0.25, 0.3) is 0 Å². The van der Waals surface area contributed by atoms with E-state index in [1.165, 1.54) is 0 Å². The smallest absolute Gasteiger partial charge is 0.335 e. The Kier molecular flexibility index (Phi) is 3.23. The van der Waals surface area contributed by atoms with E-state index in [1.807, 2.05) is 31.2 Å². The molecule has 3 rings (SSSR count). The molecule has 104 valence electrons. The van der Waals surface area contributed by atoms with Crippen molar-refractivity contribution in [3.63, 3.8) is 0 Å². The minimum Gasteiger partial charge on any atom is -0.478 e. The number of rotatable bonds is 3. The van der Waals surface area contributed by atoms with E-state index in [2.05, 4.69) is 15.3 Å². The summed E-state index contributed by atoms with van der Waals surface area (Å²) in [5.41, 5.74) is 3.28. The molecule has 2 aromatic carbocycles. The van der Waals surface area contributed by atoms with Gasteiger partial charge in [-0.2, -0.15) is 0 Å². The van der Waals surface area contributed by atoms with Crippen molar-refractivity contribution in [2.45, 2.75) is 6.92 Å². The zero-order valence-electron chi connectivity index (χ0n) is 11.4. The standard InChI is InChI=1S/C16H13N3O2/c1-10-15(19-14-8-3-2-7-13(14)17-10)18-12-6-4-5-11(9-12)16(20)21/h2-9H,1H3,(H,18,19)(H,20,21). The van der Waals surface area contributed by atoms with Crippen molar-refractivity contribution in [1.29, 1.82) is 0 Å². The molecule has 2 N–H and O–H groups in total. The fourth-order valence-electron chi connectivity index (χ4n) is 2.07. The van der Waals surface area contributed by atoms with Crippen molar-refractivity contribution in [1.82, 2.24) is 9.97 Å². The summed E-state index contributed by atoms with van der Waals surface area (Å²) >= 11 is 0. The number of aromatic carboxylic acids is 1. The number of anilines is 2. The number of carboxylic acid groups (broad SMARTS) is 1. The van der Waals surface area contributed by atoms with Crippen LogP contribution in [0.15, 0.2) is 48.5 Å². The molecule has 0 amide bonds. The van der Waals surface area contributed by atoms with Crippen LogP contribution in [0.5, 0.6) is 0 Å². The Hall–Kier alpha value is -2.95. The van der Waals surface area contributed by atoms with E-state index in [9.17, 15) is 4.79 Å². The van der Waals surface area contributed by atoms with Crippen LogP contribution in [0.1, 0.15) is 16.1 Å². The van der Waals surface area contributed by atoms with Gasteiger partial charge in [-0.05, 0) is 37.3 Å². The second kappa shape index (κ2) is 5.20. The van der Waals surface area contributed by atoms with Crippen molar-refractivity contribution >= 4 is 28.5 Å². The number of hydrogen-bond acceptors (Lipinski definition) is 4. The van der Waals surface area contributed by atoms with Gasteiger partial charge in [0.1, 0.15) is 0 Å². The van der Waals surface area contributed by atoms with E-state index in [0.717, 1.165) is 16.7 Å². The first-order chi connectivity index (χ1) is 10.1. The number of benzene rings is 2. The van der Waals surface area contributed by atoms with Gasteiger partial charge in [-0.25, -0.2) is 14.8 Å². The van der Waals surface area contributed by atoms with Crippen molar-refractivity contribution in [3.05, 3.63) is 59.8 Å². The maximum absolute atomic E-state index is 11.0. The maximum atomic E-state index is 11.0. The maximum Gasteiger partial charge on any atom is 0.335 e. The molecule has 1 heterocycles. The van der Waals surface area contributed by atoms with E-state index < -0.39 is 5.97 Å². The van der Waals surface area contributed by atoms with Gasteiger partial charge in [0.2, 0.25) is 0 Å². The average molecular weight is 279 g/mol. The number of hydrogen-bond donors (Lipinski definition) is 2. The van der Waals surface area contributed by atoms with Crippen molar-refractivity contribution in [2.24, 2.45) is 0 Å². The van der Waals surface area contributed by atoms with Crippen LogP contribution in [0.2, 0.25) is 0 Å². The van der Waals surface area contributed by atoms with E-state index in [1.54, 1.807) is 24.3 Å². The van der Waals surface area contributed by atoms with E-state index in [0.29, 0.717) is 11.5 Å². The molecule has 0 bridgehead atoms. The molecule has 0 spiro atoms. The van der Waals surface area contributed by atoms with Crippen LogP contribution in [0.3, 0.4) is 0 Å². The highest BCUT2D eigenvalue weighted by molar-refractivity contribution is 5.89. The van der Waals surface area contributed by atoms with Gasteiger partial charge in [0.05, 0.1) is 22.3 Å². The van der Waals surface area contributed by atoms with Gasteiger partial charge in [-0.1, -0.05) is 18.2 Å². The fourth-order valence-corrected chi connectivity index (χ4v) is 2.07. The van der Waals surface area contributed by atoms with Crippen LogP contribution >= 0.6 is 0 Å². The monoisotopic (exact) mass is 279 g/mol. The molecule has 0 saturated carbocycles. The van der Waals surface area contributed by atoms with Gasteiger partial charge in [-0.15, -0.1) is 0 Å². The van der Waals surface area contributed by atoms with Crippen LogP contribution in [0.4, 0.5) is 11.5 Å². The number of carboxylic acids is 1. The third-order valence-corrected chi connectivity index (χ3v) is 3.12. The summed E-state index contributed by atoms with van der Waals surface area (Å²) in [4.78, 5) is 20.0. The summed E-state index contributed by atoms with van der Waals surface area (Å²) in [5, 5.41) is 12.1. The number of aromatic nitrogens is 2. The molecule has 0 fully saturated rings. The Morgan fingerprint density at radius 1 is 1.05 bits per heavy atom. The van der Waals surface area contributed by atoms with Crippen molar-refractivity contribution < 1.29 is 9.90 Å². The van der Waals surface area contributed by atoms with Crippen LogP contribution in [-0.2, 0) is 0 Å². The van der Waals surface area contributed by atoms with E-state index >= 15 is 0 Å². The third-order valence-electron chi connectivity index (χ3n) is 3.12. The van der Waals surface area contributed by atoms with Gasteiger partial charge in [0.15, 0.2) is 5.82 Å². The highest BCUT2D eigenvalue weighted by atomic mass is 16.4. The Morgan fingerprint density at radius 3 is 2.48 bits per heavy atom. The van der Waals surface area contributed by atoms with Crippen LogP contribution in [0, 0.1) is 6.92 Å². The van der Waals surface area contributed by atoms with Gasteiger partial charge >= 0.3 is 5.97 Å². The lowest BCUT2D eigenvalue weighted by Crippen LogP contribution is -2.01. The Morgan fingerprint density at radius 2 is 1.76 bits per heavy atom. The highest BCUT2D eigenvalue weighted by Crippen LogP contribution is 2.21. The lowest BCUT2D eigenvalue weighted by molar-refractivity contribution is 0.0697. The number of nitrogens with zero attached hydrogens (tertiary/aromatic N) is 2. The second-order valence-corrected chi connectivity index (χ2v) is 4.66. The molecule has 1 aromatic heterocycles. The lowest BCUT2D eigenvalue weighted by Gasteiger charge is -2.09. The Labute approximate surface area is 121 Å². The normalized spacial score (nSPS) is 10.5.